The molecule has 6 heteroatoms. The van der Waals surface area contributed by atoms with Gasteiger partial charge in [0.05, 0.1) is 29.5 Å². The molecule has 2 aliphatic rings. The van der Waals surface area contributed by atoms with Crippen LogP contribution in [0.1, 0.15) is 12.8 Å². The van der Waals surface area contributed by atoms with Gasteiger partial charge in [-0.3, -0.25) is 4.90 Å². The SMILES string of the molecule is O=S(=O)(CCN1CCOC(C2CCCO2)C1)c1ccccc1. The fourth-order valence-electron chi connectivity index (χ4n) is 3.05. The van der Waals surface area contributed by atoms with E-state index in [-0.39, 0.29) is 18.0 Å². The molecule has 2 fully saturated rings. The van der Waals surface area contributed by atoms with Gasteiger partial charge in [-0.25, -0.2) is 8.42 Å². The molecule has 2 heterocycles. The molecular formula is C16H23NO4S. The number of morpholine rings is 1. The van der Waals surface area contributed by atoms with Crippen LogP contribution in [0.4, 0.5) is 0 Å². The van der Waals surface area contributed by atoms with Crippen molar-refractivity contribution in [1.29, 1.82) is 0 Å². The molecule has 2 saturated heterocycles. The molecule has 0 amide bonds. The second-order valence-electron chi connectivity index (χ2n) is 5.89. The molecule has 0 aliphatic carbocycles. The summed E-state index contributed by atoms with van der Waals surface area (Å²) in [5, 5.41) is 0. The van der Waals surface area contributed by atoms with E-state index in [0.29, 0.717) is 18.0 Å². The summed E-state index contributed by atoms with van der Waals surface area (Å²) >= 11 is 0. The smallest absolute Gasteiger partial charge is 0.179 e. The Morgan fingerprint density at radius 3 is 2.59 bits per heavy atom. The van der Waals surface area contributed by atoms with Crippen molar-refractivity contribution in [3.05, 3.63) is 30.3 Å². The fraction of sp³-hybridized carbons (Fsp3) is 0.625. The van der Waals surface area contributed by atoms with E-state index in [1.165, 1.54) is 0 Å². The zero-order chi connectivity index (χ0) is 15.4. The van der Waals surface area contributed by atoms with Crippen molar-refractivity contribution in [3.8, 4) is 0 Å². The minimum atomic E-state index is -3.21. The zero-order valence-corrected chi connectivity index (χ0v) is 13.5. The maximum absolute atomic E-state index is 12.3. The van der Waals surface area contributed by atoms with Crippen LogP contribution < -0.4 is 0 Å². The molecule has 0 spiro atoms. The van der Waals surface area contributed by atoms with Gasteiger partial charge in [-0.15, -0.1) is 0 Å². The van der Waals surface area contributed by atoms with Gasteiger partial charge in [-0.1, -0.05) is 18.2 Å². The molecule has 1 aromatic carbocycles. The van der Waals surface area contributed by atoms with E-state index in [0.717, 1.165) is 32.5 Å². The van der Waals surface area contributed by atoms with Gasteiger partial charge in [0.2, 0.25) is 0 Å². The number of rotatable bonds is 5. The predicted octanol–water partition coefficient (Wildman–Crippen LogP) is 1.34. The molecule has 1 aromatic rings. The van der Waals surface area contributed by atoms with E-state index in [9.17, 15) is 8.42 Å². The highest BCUT2D eigenvalue weighted by Gasteiger charge is 2.31. The minimum absolute atomic E-state index is 0.0793. The monoisotopic (exact) mass is 325 g/mol. The van der Waals surface area contributed by atoms with Crippen molar-refractivity contribution >= 4 is 9.84 Å². The summed E-state index contributed by atoms with van der Waals surface area (Å²) < 4.78 is 36.1. The van der Waals surface area contributed by atoms with Crippen molar-refractivity contribution < 1.29 is 17.9 Å². The standard InChI is InChI=1S/C16H23NO4S/c18-22(19,14-5-2-1-3-6-14)12-9-17-8-11-21-16(13-17)15-7-4-10-20-15/h1-3,5-6,15-16H,4,7-13H2. The number of sulfone groups is 1. The Morgan fingerprint density at radius 1 is 1.09 bits per heavy atom. The van der Waals surface area contributed by atoms with Crippen molar-refractivity contribution in [3.63, 3.8) is 0 Å². The van der Waals surface area contributed by atoms with Crippen molar-refractivity contribution in [2.75, 3.05) is 38.6 Å². The molecule has 0 bridgehead atoms. The number of ether oxygens (including phenoxy) is 2. The zero-order valence-electron chi connectivity index (χ0n) is 12.7. The van der Waals surface area contributed by atoms with Crippen molar-refractivity contribution in [2.45, 2.75) is 29.9 Å². The fourth-order valence-corrected chi connectivity index (χ4v) is 4.36. The maximum atomic E-state index is 12.3. The van der Waals surface area contributed by atoms with E-state index < -0.39 is 9.84 Å². The lowest BCUT2D eigenvalue weighted by molar-refractivity contribution is -0.0930. The Labute approximate surface area is 132 Å². The van der Waals surface area contributed by atoms with Crippen LogP contribution in [-0.2, 0) is 19.3 Å². The van der Waals surface area contributed by atoms with Crippen LogP contribution in [0.25, 0.3) is 0 Å². The number of hydrogen-bond acceptors (Lipinski definition) is 5. The highest BCUT2D eigenvalue weighted by Crippen LogP contribution is 2.21. The van der Waals surface area contributed by atoms with Crippen LogP contribution in [0.15, 0.2) is 35.2 Å². The summed E-state index contributed by atoms with van der Waals surface area (Å²) in [6, 6.07) is 8.66. The molecule has 5 nitrogen and oxygen atoms in total. The lowest BCUT2D eigenvalue weighted by Crippen LogP contribution is -2.48. The summed E-state index contributed by atoms with van der Waals surface area (Å²) in [6.45, 7) is 3.55. The van der Waals surface area contributed by atoms with Crippen LogP contribution in [0.2, 0.25) is 0 Å². The maximum Gasteiger partial charge on any atom is 0.179 e. The first-order valence-electron chi connectivity index (χ1n) is 7.88. The van der Waals surface area contributed by atoms with Gasteiger partial charge >= 0.3 is 0 Å². The van der Waals surface area contributed by atoms with Gasteiger partial charge in [0, 0.05) is 26.2 Å². The molecule has 2 atom stereocenters. The van der Waals surface area contributed by atoms with E-state index in [1.54, 1.807) is 24.3 Å². The lowest BCUT2D eigenvalue weighted by atomic mass is 10.1. The summed E-state index contributed by atoms with van der Waals surface area (Å²) in [5.74, 6) is 0.148. The Hall–Kier alpha value is -0.950. The molecule has 22 heavy (non-hydrogen) atoms. The molecular weight excluding hydrogens is 302 g/mol. The van der Waals surface area contributed by atoms with E-state index in [1.807, 2.05) is 6.07 Å². The average molecular weight is 325 g/mol. The summed E-state index contributed by atoms with van der Waals surface area (Å²) in [6.07, 6.45) is 2.39. The summed E-state index contributed by atoms with van der Waals surface area (Å²) in [7, 11) is -3.21. The van der Waals surface area contributed by atoms with Gasteiger partial charge in [-0.2, -0.15) is 0 Å². The van der Waals surface area contributed by atoms with Gasteiger partial charge in [0.25, 0.3) is 0 Å². The van der Waals surface area contributed by atoms with Crippen LogP contribution >= 0.6 is 0 Å². The first kappa shape index (κ1) is 15.9. The van der Waals surface area contributed by atoms with Crippen LogP contribution in [0.3, 0.4) is 0 Å². The van der Waals surface area contributed by atoms with E-state index in [4.69, 9.17) is 9.47 Å². The Morgan fingerprint density at radius 2 is 1.86 bits per heavy atom. The second kappa shape index (κ2) is 7.08. The molecule has 0 radical (unpaired) electrons. The largest absolute Gasteiger partial charge is 0.375 e. The molecule has 0 saturated carbocycles. The number of benzene rings is 1. The van der Waals surface area contributed by atoms with E-state index >= 15 is 0 Å². The van der Waals surface area contributed by atoms with Crippen molar-refractivity contribution in [1.82, 2.24) is 4.90 Å². The third-order valence-electron chi connectivity index (χ3n) is 4.34. The van der Waals surface area contributed by atoms with Gasteiger partial charge in [0.15, 0.2) is 9.84 Å². The third kappa shape index (κ3) is 3.87. The first-order chi connectivity index (χ1) is 10.6. The number of hydrogen-bond donors (Lipinski definition) is 0. The van der Waals surface area contributed by atoms with E-state index in [2.05, 4.69) is 4.90 Å². The summed E-state index contributed by atoms with van der Waals surface area (Å²) in [4.78, 5) is 2.58. The summed E-state index contributed by atoms with van der Waals surface area (Å²) in [5.41, 5.74) is 0. The molecule has 2 unspecified atom stereocenters. The van der Waals surface area contributed by atoms with Crippen LogP contribution in [0, 0.1) is 0 Å². The molecule has 0 N–H and O–H groups in total. The van der Waals surface area contributed by atoms with Crippen molar-refractivity contribution in [2.24, 2.45) is 0 Å². The predicted molar refractivity (Wildman–Crippen MR) is 83.6 cm³/mol. The van der Waals surface area contributed by atoms with Gasteiger partial charge in [0.1, 0.15) is 0 Å². The normalized spacial score (nSPS) is 27.1. The molecule has 122 valence electrons. The highest BCUT2D eigenvalue weighted by atomic mass is 32.2. The highest BCUT2D eigenvalue weighted by molar-refractivity contribution is 7.91. The third-order valence-corrected chi connectivity index (χ3v) is 6.05. The van der Waals surface area contributed by atoms with Crippen LogP contribution in [0.5, 0.6) is 0 Å². The Balaban J connectivity index is 1.54. The van der Waals surface area contributed by atoms with Crippen LogP contribution in [-0.4, -0.2) is 64.1 Å². The first-order valence-corrected chi connectivity index (χ1v) is 9.54. The topological polar surface area (TPSA) is 55.8 Å². The number of nitrogens with zero attached hydrogens (tertiary/aromatic N) is 1. The molecule has 0 aromatic heterocycles. The lowest BCUT2D eigenvalue weighted by Gasteiger charge is -2.35. The Bertz CT molecular complexity index is 569. The van der Waals surface area contributed by atoms with Gasteiger partial charge < -0.3 is 9.47 Å². The molecule has 3 rings (SSSR count). The minimum Gasteiger partial charge on any atom is -0.375 e. The Kier molecular flexibility index (Phi) is 5.13. The quantitative estimate of drug-likeness (QED) is 0.818. The molecule has 2 aliphatic heterocycles. The average Bonchev–Trinajstić information content (AvgIpc) is 3.09. The second-order valence-corrected chi connectivity index (χ2v) is 8.00. The van der Waals surface area contributed by atoms with Gasteiger partial charge in [-0.05, 0) is 25.0 Å².